The Hall–Kier alpha value is -2.54. The molecule has 0 heterocycles. The van der Waals surface area contributed by atoms with Gasteiger partial charge in [0.25, 0.3) is 0 Å². The van der Waals surface area contributed by atoms with E-state index in [0.29, 0.717) is 5.75 Å². The molecule has 0 aromatic heterocycles. The summed E-state index contributed by atoms with van der Waals surface area (Å²) in [7, 11) is 0. The van der Waals surface area contributed by atoms with E-state index in [1.165, 1.54) is 16.7 Å². The zero-order valence-corrected chi connectivity index (χ0v) is 11.4. The molecule has 1 N–H and O–H groups in total. The summed E-state index contributed by atoms with van der Waals surface area (Å²) in [5.41, 5.74) is 5.79. The molecule has 1 nitrogen and oxygen atoms in total. The number of rotatable bonds is 2. The van der Waals surface area contributed by atoms with Crippen LogP contribution in [0.4, 0.5) is 0 Å². The molecule has 0 unspecified atom stereocenters. The third-order valence-electron chi connectivity index (χ3n) is 3.43. The summed E-state index contributed by atoms with van der Waals surface area (Å²) in [5, 5.41) is 9.59. The number of phenols is 1. The van der Waals surface area contributed by atoms with Gasteiger partial charge in [0.2, 0.25) is 0 Å². The van der Waals surface area contributed by atoms with E-state index in [0.717, 1.165) is 11.1 Å². The van der Waals surface area contributed by atoms with Crippen molar-refractivity contribution < 1.29 is 5.11 Å². The molecule has 0 aliphatic carbocycles. The molecule has 0 atom stereocenters. The first-order valence-electron chi connectivity index (χ1n) is 6.69. The molecule has 3 aromatic carbocycles. The van der Waals surface area contributed by atoms with Gasteiger partial charge in [-0.2, -0.15) is 0 Å². The molecule has 0 radical (unpaired) electrons. The van der Waals surface area contributed by atoms with Gasteiger partial charge in [-0.15, -0.1) is 0 Å². The third kappa shape index (κ3) is 2.57. The van der Waals surface area contributed by atoms with E-state index in [1.54, 1.807) is 12.1 Å². The molecular weight excluding hydrogens is 244 g/mol. The minimum absolute atomic E-state index is 0.295. The Kier molecular flexibility index (Phi) is 3.26. The van der Waals surface area contributed by atoms with Gasteiger partial charge < -0.3 is 5.11 Å². The number of hydrogen-bond donors (Lipinski definition) is 1. The van der Waals surface area contributed by atoms with Crippen molar-refractivity contribution >= 4 is 0 Å². The summed E-state index contributed by atoms with van der Waals surface area (Å²) in [5.74, 6) is 0.295. The molecule has 0 amide bonds. The van der Waals surface area contributed by atoms with Crippen LogP contribution in [0.2, 0.25) is 0 Å². The molecule has 3 aromatic rings. The number of aromatic hydroxyl groups is 1. The van der Waals surface area contributed by atoms with Gasteiger partial charge >= 0.3 is 0 Å². The predicted octanol–water partition coefficient (Wildman–Crippen LogP) is 5.03. The van der Waals surface area contributed by atoms with Crippen LogP contribution >= 0.6 is 0 Å². The largest absolute Gasteiger partial charge is 0.508 e. The predicted molar refractivity (Wildman–Crippen MR) is 83.7 cm³/mol. The second kappa shape index (κ2) is 5.22. The molecule has 1 heteroatoms. The van der Waals surface area contributed by atoms with Gasteiger partial charge in [-0.05, 0) is 47.4 Å². The summed E-state index contributed by atoms with van der Waals surface area (Å²) >= 11 is 0. The van der Waals surface area contributed by atoms with Crippen LogP contribution in [0.3, 0.4) is 0 Å². The zero-order chi connectivity index (χ0) is 13.9. The Morgan fingerprint density at radius 1 is 0.600 bits per heavy atom. The van der Waals surface area contributed by atoms with Crippen molar-refractivity contribution in [1.82, 2.24) is 0 Å². The quantitative estimate of drug-likeness (QED) is 0.684. The molecular formula is C19H16O. The Morgan fingerprint density at radius 2 is 1.15 bits per heavy atom. The van der Waals surface area contributed by atoms with Crippen molar-refractivity contribution in [3.63, 3.8) is 0 Å². The summed E-state index contributed by atoms with van der Waals surface area (Å²) in [6, 6.07) is 24.2. The van der Waals surface area contributed by atoms with E-state index in [4.69, 9.17) is 0 Å². The monoisotopic (exact) mass is 260 g/mol. The highest BCUT2D eigenvalue weighted by Gasteiger charge is 2.02. The lowest BCUT2D eigenvalue weighted by Gasteiger charge is -2.07. The number of benzene rings is 3. The maximum atomic E-state index is 9.59. The smallest absolute Gasteiger partial charge is 0.116 e. The topological polar surface area (TPSA) is 20.2 Å². The van der Waals surface area contributed by atoms with Gasteiger partial charge in [0, 0.05) is 0 Å². The summed E-state index contributed by atoms with van der Waals surface area (Å²) in [4.78, 5) is 0. The van der Waals surface area contributed by atoms with Crippen molar-refractivity contribution in [3.8, 4) is 28.0 Å². The molecule has 0 bridgehead atoms. The summed E-state index contributed by atoms with van der Waals surface area (Å²) in [6.45, 7) is 2.09. The third-order valence-corrected chi connectivity index (χ3v) is 3.43. The van der Waals surface area contributed by atoms with Crippen LogP contribution < -0.4 is 0 Å². The van der Waals surface area contributed by atoms with Gasteiger partial charge in [0.15, 0.2) is 0 Å². The van der Waals surface area contributed by atoms with Gasteiger partial charge in [-0.1, -0.05) is 60.2 Å². The number of aryl methyl sites for hydroxylation is 1. The van der Waals surface area contributed by atoms with Crippen LogP contribution in [0.5, 0.6) is 5.75 Å². The molecule has 0 spiro atoms. The number of phenolic OH excluding ortho intramolecular Hbond substituents is 1. The average Bonchev–Trinajstić information content (AvgIpc) is 2.48. The van der Waals surface area contributed by atoms with E-state index < -0.39 is 0 Å². The van der Waals surface area contributed by atoms with Gasteiger partial charge in [0.1, 0.15) is 5.75 Å². The molecule has 0 saturated carbocycles. The minimum Gasteiger partial charge on any atom is -0.508 e. The highest BCUT2D eigenvalue weighted by Crippen LogP contribution is 2.28. The Morgan fingerprint density at radius 3 is 1.80 bits per heavy atom. The maximum Gasteiger partial charge on any atom is 0.116 e. The van der Waals surface area contributed by atoms with Crippen LogP contribution in [-0.2, 0) is 0 Å². The molecule has 0 aliphatic rings. The van der Waals surface area contributed by atoms with Crippen molar-refractivity contribution in [2.75, 3.05) is 0 Å². The first-order valence-corrected chi connectivity index (χ1v) is 6.69. The normalized spacial score (nSPS) is 10.4. The molecule has 98 valence electrons. The van der Waals surface area contributed by atoms with Crippen LogP contribution in [-0.4, -0.2) is 5.11 Å². The first kappa shape index (κ1) is 12.5. The van der Waals surface area contributed by atoms with Crippen molar-refractivity contribution in [1.29, 1.82) is 0 Å². The lowest BCUT2D eigenvalue weighted by molar-refractivity contribution is 0.475. The van der Waals surface area contributed by atoms with E-state index in [9.17, 15) is 5.11 Å². The van der Waals surface area contributed by atoms with E-state index in [1.807, 2.05) is 12.1 Å². The number of hydrogen-bond acceptors (Lipinski definition) is 1. The first-order chi connectivity index (χ1) is 9.72. The van der Waals surface area contributed by atoms with Crippen LogP contribution in [0.25, 0.3) is 22.3 Å². The van der Waals surface area contributed by atoms with Crippen molar-refractivity contribution in [2.24, 2.45) is 0 Å². The van der Waals surface area contributed by atoms with Gasteiger partial charge in [0.05, 0.1) is 0 Å². The molecule has 0 aliphatic heterocycles. The molecule has 0 saturated heterocycles. The fourth-order valence-electron chi connectivity index (χ4n) is 2.31. The second-order valence-electron chi connectivity index (χ2n) is 5.00. The Balaban J connectivity index is 2.03. The van der Waals surface area contributed by atoms with E-state index in [2.05, 4.69) is 55.5 Å². The lowest BCUT2D eigenvalue weighted by Crippen LogP contribution is -1.82. The standard InChI is InChI=1S/C19H16O/c1-14-8-10-15(11-9-14)16-4-2-5-17(12-16)18-6-3-7-19(20)13-18/h2-13,20H,1H3. The maximum absolute atomic E-state index is 9.59. The molecule has 0 fully saturated rings. The highest BCUT2D eigenvalue weighted by atomic mass is 16.3. The van der Waals surface area contributed by atoms with Gasteiger partial charge in [-0.3, -0.25) is 0 Å². The summed E-state index contributed by atoms with van der Waals surface area (Å²) in [6.07, 6.45) is 0. The van der Waals surface area contributed by atoms with E-state index in [-0.39, 0.29) is 0 Å². The minimum atomic E-state index is 0.295. The second-order valence-corrected chi connectivity index (χ2v) is 5.00. The fourth-order valence-corrected chi connectivity index (χ4v) is 2.31. The highest BCUT2D eigenvalue weighted by molar-refractivity contribution is 5.73. The Labute approximate surface area is 119 Å². The Bertz CT molecular complexity index is 727. The van der Waals surface area contributed by atoms with Crippen LogP contribution in [0.15, 0.2) is 72.8 Å². The average molecular weight is 260 g/mol. The van der Waals surface area contributed by atoms with Crippen molar-refractivity contribution in [3.05, 3.63) is 78.4 Å². The van der Waals surface area contributed by atoms with Crippen LogP contribution in [0.1, 0.15) is 5.56 Å². The molecule has 3 rings (SSSR count). The summed E-state index contributed by atoms with van der Waals surface area (Å²) < 4.78 is 0. The van der Waals surface area contributed by atoms with Crippen molar-refractivity contribution in [2.45, 2.75) is 6.92 Å². The zero-order valence-electron chi connectivity index (χ0n) is 11.4. The van der Waals surface area contributed by atoms with Gasteiger partial charge in [-0.25, -0.2) is 0 Å². The molecule has 20 heavy (non-hydrogen) atoms. The van der Waals surface area contributed by atoms with E-state index >= 15 is 0 Å². The SMILES string of the molecule is Cc1ccc(-c2cccc(-c3cccc(O)c3)c2)cc1. The lowest BCUT2D eigenvalue weighted by atomic mass is 9.98. The fraction of sp³-hybridized carbons (Fsp3) is 0.0526. The van der Waals surface area contributed by atoms with Crippen LogP contribution in [0, 0.1) is 6.92 Å².